The minimum atomic E-state index is -5.64. The lowest BCUT2D eigenvalue weighted by atomic mass is 9.90. The third-order valence-electron chi connectivity index (χ3n) is 4.21. The first-order valence-electron chi connectivity index (χ1n) is 7.66. The molecule has 1 aliphatic carbocycles. The highest BCUT2D eigenvalue weighted by atomic mass is 19.4. The summed E-state index contributed by atoms with van der Waals surface area (Å²) in [6.07, 6.45) is -2.13. The van der Waals surface area contributed by atoms with E-state index in [0.717, 1.165) is 25.7 Å². The van der Waals surface area contributed by atoms with Gasteiger partial charge >= 0.3 is 12.1 Å². The number of fused-ring (bicyclic) bond motifs is 1. The summed E-state index contributed by atoms with van der Waals surface area (Å²) in [4.78, 5) is 13.8. The fourth-order valence-electron chi connectivity index (χ4n) is 2.99. The van der Waals surface area contributed by atoms with Crippen molar-refractivity contribution < 1.29 is 36.2 Å². The molecule has 23 heavy (non-hydrogen) atoms. The Morgan fingerprint density at radius 1 is 1.17 bits per heavy atom. The first kappa shape index (κ1) is 18.4. The van der Waals surface area contributed by atoms with Gasteiger partial charge in [-0.3, -0.25) is 4.79 Å². The number of alkyl halides is 5. The number of rotatable bonds is 5. The lowest BCUT2D eigenvalue weighted by molar-refractivity contribution is -0.296. The van der Waals surface area contributed by atoms with Crippen LogP contribution in [-0.2, 0) is 14.3 Å². The zero-order chi connectivity index (χ0) is 17.1. The largest absolute Gasteiger partial charge is 0.455 e. The van der Waals surface area contributed by atoms with Crippen LogP contribution in [0.25, 0.3) is 0 Å². The van der Waals surface area contributed by atoms with Crippen molar-refractivity contribution in [1.82, 2.24) is 4.90 Å². The summed E-state index contributed by atoms with van der Waals surface area (Å²) >= 11 is 0. The summed E-state index contributed by atoms with van der Waals surface area (Å²) in [6, 6.07) is -0.0263. The molecule has 9 heteroatoms. The van der Waals surface area contributed by atoms with Gasteiger partial charge in [0.05, 0.1) is 31.8 Å². The molecule has 0 aromatic heterocycles. The lowest BCUT2D eigenvalue weighted by Gasteiger charge is -2.43. The summed E-state index contributed by atoms with van der Waals surface area (Å²) in [5, 5.41) is 0. The third-order valence-corrected chi connectivity index (χ3v) is 4.21. The summed E-state index contributed by atoms with van der Waals surface area (Å²) in [5.74, 6) is -5.19. The van der Waals surface area contributed by atoms with Crippen LogP contribution in [0, 0.1) is 0 Å². The Kier molecular flexibility index (Phi) is 5.83. The SMILES string of the molecule is O=C(CCOCC(F)(F)C(F)(F)F)N1CCO[C@H]2CCCC[C@@H]21. The van der Waals surface area contributed by atoms with Gasteiger partial charge in [-0.2, -0.15) is 22.0 Å². The highest BCUT2D eigenvalue weighted by molar-refractivity contribution is 5.76. The van der Waals surface area contributed by atoms with E-state index in [0.29, 0.717) is 13.2 Å². The molecule has 1 saturated carbocycles. The average Bonchev–Trinajstić information content (AvgIpc) is 2.49. The van der Waals surface area contributed by atoms with Gasteiger partial charge in [0.1, 0.15) is 6.61 Å². The van der Waals surface area contributed by atoms with Crippen molar-refractivity contribution >= 4 is 5.91 Å². The number of carbonyl (C=O) groups is 1. The van der Waals surface area contributed by atoms with Crippen LogP contribution in [0.2, 0.25) is 0 Å². The molecule has 0 aromatic carbocycles. The van der Waals surface area contributed by atoms with Gasteiger partial charge in [0, 0.05) is 6.54 Å². The fourth-order valence-corrected chi connectivity index (χ4v) is 2.99. The molecule has 2 atom stereocenters. The van der Waals surface area contributed by atoms with Gasteiger partial charge in [0.25, 0.3) is 0 Å². The molecule has 2 rings (SSSR count). The monoisotopic (exact) mass is 345 g/mol. The molecule has 0 bridgehead atoms. The van der Waals surface area contributed by atoms with Crippen LogP contribution in [0.4, 0.5) is 22.0 Å². The molecule has 1 amide bonds. The Morgan fingerprint density at radius 2 is 1.87 bits per heavy atom. The molecule has 2 aliphatic rings. The normalized spacial score (nSPS) is 26.0. The molecule has 0 unspecified atom stereocenters. The first-order valence-corrected chi connectivity index (χ1v) is 7.66. The van der Waals surface area contributed by atoms with Gasteiger partial charge < -0.3 is 14.4 Å². The minimum absolute atomic E-state index is 0.00284. The number of hydrogen-bond donors (Lipinski definition) is 0. The predicted octanol–water partition coefficient (Wildman–Crippen LogP) is 2.76. The topological polar surface area (TPSA) is 38.8 Å². The maximum absolute atomic E-state index is 12.7. The van der Waals surface area contributed by atoms with Crippen LogP contribution in [0.15, 0.2) is 0 Å². The molecule has 4 nitrogen and oxygen atoms in total. The molecular weight excluding hydrogens is 325 g/mol. The average molecular weight is 345 g/mol. The maximum atomic E-state index is 12.7. The van der Waals surface area contributed by atoms with E-state index >= 15 is 0 Å². The van der Waals surface area contributed by atoms with E-state index in [-0.39, 0.29) is 24.5 Å². The van der Waals surface area contributed by atoms with Gasteiger partial charge in [-0.05, 0) is 12.8 Å². The van der Waals surface area contributed by atoms with Crippen LogP contribution in [-0.4, -0.2) is 61.4 Å². The van der Waals surface area contributed by atoms with Crippen molar-refractivity contribution in [3.05, 3.63) is 0 Å². The van der Waals surface area contributed by atoms with E-state index in [1.165, 1.54) is 0 Å². The lowest BCUT2D eigenvalue weighted by Crippen LogP contribution is -2.55. The molecule has 0 aromatic rings. The summed E-state index contributed by atoms with van der Waals surface area (Å²) < 4.78 is 71.3. The Hall–Kier alpha value is -0.960. The Morgan fingerprint density at radius 3 is 2.57 bits per heavy atom. The molecular formula is C14H20F5NO3. The van der Waals surface area contributed by atoms with Crippen LogP contribution < -0.4 is 0 Å². The second kappa shape index (κ2) is 7.29. The van der Waals surface area contributed by atoms with Gasteiger partial charge in [0.2, 0.25) is 5.91 Å². The summed E-state index contributed by atoms with van der Waals surface area (Å²) in [7, 11) is 0. The summed E-state index contributed by atoms with van der Waals surface area (Å²) in [6.45, 7) is -1.39. The zero-order valence-corrected chi connectivity index (χ0v) is 12.6. The molecule has 0 N–H and O–H groups in total. The second-order valence-electron chi connectivity index (χ2n) is 5.85. The number of ether oxygens (including phenoxy) is 2. The molecule has 0 radical (unpaired) electrons. The summed E-state index contributed by atoms with van der Waals surface area (Å²) in [5.41, 5.74) is 0. The Bertz CT molecular complexity index is 414. The van der Waals surface area contributed by atoms with Crippen molar-refractivity contribution in [3.63, 3.8) is 0 Å². The van der Waals surface area contributed by atoms with Crippen molar-refractivity contribution in [2.24, 2.45) is 0 Å². The number of hydrogen-bond acceptors (Lipinski definition) is 3. The molecule has 1 aliphatic heterocycles. The van der Waals surface area contributed by atoms with E-state index in [4.69, 9.17) is 4.74 Å². The van der Waals surface area contributed by atoms with E-state index in [2.05, 4.69) is 4.74 Å². The predicted molar refractivity (Wildman–Crippen MR) is 70.1 cm³/mol. The van der Waals surface area contributed by atoms with Gasteiger partial charge in [0.15, 0.2) is 0 Å². The number of morpholine rings is 1. The van der Waals surface area contributed by atoms with Crippen LogP contribution in [0.1, 0.15) is 32.1 Å². The van der Waals surface area contributed by atoms with Gasteiger partial charge in [-0.1, -0.05) is 12.8 Å². The number of halogens is 5. The van der Waals surface area contributed by atoms with E-state index in [9.17, 15) is 26.7 Å². The third kappa shape index (κ3) is 4.53. The zero-order valence-electron chi connectivity index (χ0n) is 12.6. The Balaban J connectivity index is 1.76. The van der Waals surface area contributed by atoms with E-state index < -0.39 is 25.3 Å². The molecule has 0 spiro atoms. The standard InChI is InChI=1S/C14H20F5NO3/c15-13(16,14(17,18)19)9-22-7-5-12(21)20-6-8-23-11-4-2-1-3-10(11)20/h10-11H,1-9H2/t10-,11-/m0/s1. The number of carbonyl (C=O) groups excluding carboxylic acids is 1. The fraction of sp³-hybridized carbons (Fsp3) is 0.929. The number of nitrogens with zero attached hydrogens (tertiary/aromatic N) is 1. The van der Waals surface area contributed by atoms with Crippen molar-refractivity contribution in [1.29, 1.82) is 0 Å². The molecule has 1 heterocycles. The van der Waals surface area contributed by atoms with Crippen LogP contribution in [0.3, 0.4) is 0 Å². The van der Waals surface area contributed by atoms with Crippen LogP contribution >= 0.6 is 0 Å². The highest BCUT2D eigenvalue weighted by Crippen LogP contribution is 2.35. The second-order valence-corrected chi connectivity index (χ2v) is 5.85. The first-order chi connectivity index (χ1) is 10.7. The maximum Gasteiger partial charge on any atom is 0.455 e. The van der Waals surface area contributed by atoms with Gasteiger partial charge in [-0.15, -0.1) is 0 Å². The van der Waals surface area contributed by atoms with E-state index in [1.54, 1.807) is 4.90 Å². The van der Waals surface area contributed by atoms with E-state index in [1.807, 2.05) is 0 Å². The molecule has 2 fully saturated rings. The van der Waals surface area contributed by atoms with Crippen molar-refractivity contribution in [3.8, 4) is 0 Å². The van der Waals surface area contributed by atoms with Gasteiger partial charge in [-0.25, -0.2) is 0 Å². The van der Waals surface area contributed by atoms with Crippen molar-refractivity contribution in [2.45, 2.75) is 56.3 Å². The molecule has 134 valence electrons. The van der Waals surface area contributed by atoms with Crippen molar-refractivity contribution in [2.75, 3.05) is 26.4 Å². The smallest absolute Gasteiger partial charge is 0.374 e. The molecule has 1 saturated heterocycles. The highest BCUT2D eigenvalue weighted by Gasteiger charge is 2.57. The Labute approximate surface area is 130 Å². The quantitative estimate of drug-likeness (QED) is 0.568. The minimum Gasteiger partial charge on any atom is -0.374 e. The van der Waals surface area contributed by atoms with Crippen LogP contribution in [0.5, 0.6) is 0 Å². The number of amides is 1.